The molecule has 4 aliphatic rings. The van der Waals surface area contributed by atoms with Crippen LogP contribution in [-0.4, -0.2) is 36.5 Å². The first-order chi connectivity index (χ1) is 7.60. The number of carbonyl (C=O) groups excluding carboxylic acids is 2. The average molecular weight is 221 g/mol. The molecule has 0 N–H and O–H groups in total. The first-order valence-electron chi connectivity index (χ1n) is 5.66. The topological polar surface area (TPSA) is 46.6 Å². The molecule has 4 heteroatoms. The molecule has 4 atom stereocenters. The molecule has 0 aromatic carbocycles. The lowest BCUT2D eigenvalue weighted by Gasteiger charge is -2.46. The van der Waals surface area contributed by atoms with E-state index >= 15 is 0 Å². The van der Waals surface area contributed by atoms with Crippen molar-refractivity contribution in [2.45, 2.75) is 18.4 Å². The van der Waals surface area contributed by atoms with E-state index in [0.29, 0.717) is 0 Å². The molecule has 1 saturated carbocycles. The number of allylic oxidation sites excluding steroid dienone is 1. The van der Waals surface area contributed by atoms with Crippen molar-refractivity contribution in [3.8, 4) is 0 Å². The van der Waals surface area contributed by atoms with Gasteiger partial charge < -0.3 is 4.74 Å². The van der Waals surface area contributed by atoms with E-state index in [9.17, 15) is 9.59 Å². The molecule has 2 amide bonds. The zero-order valence-electron chi connectivity index (χ0n) is 9.47. The van der Waals surface area contributed by atoms with Crippen molar-refractivity contribution in [3.05, 3.63) is 12.2 Å². The lowest BCUT2D eigenvalue weighted by molar-refractivity contribution is -0.143. The summed E-state index contributed by atoms with van der Waals surface area (Å²) >= 11 is 0. The largest absolute Gasteiger partial charge is 0.373 e. The fraction of sp³-hybridized carbons (Fsp3) is 0.667. The number of rotatable bonds is 1. The number of methoxy groups -OCH3 is 1. The summed E-state index contributed by atoms with van der Waals surface area (Å²) in [7, 11) is 3.20. The number of amides is 2. The van der Waals surface area contributed by atoms with Gasteiger partial charge >= 0.3 is 0 Å². The number of hydrogen-bond donors (Lipinski definition) is 0. The number of nitrogens with zero attached hydrogens (tertiary/aromatic N) is 1. The Bertz CT molecular complexity index is 403. The minimum atomic E-state index is -0.531. The third-order valence-electron chi connectivity index (χ3n) is 4.43. The summed E-state index contributed by atoms with van der Waals surface area (Å²) in [5.41, 5.74) is -0.531. The Morgan fingerprint density at radius 2 is 2.19 bits per heavy atom. The van der Waals surface area contributed by atoms with Gasteiger partial charge in [-0.25, -0.2) is 0 Å². The lowest BCUT2D eigenvalue weighted by atomic mass is 9.60. The van der Waals surface area contributed by atoms with Crippen LogP contribution in [0.5, 0.6) is 0 Å². The van der Waals surface area contributed by atoms with Gasteiger partial charge in [-0.15, -0.1) is 0 Å². The van der Waals surface area contributed by atoms with Crippen molar-refractivity contribution in [2.24, 2.45) is 17.8 Å². The van der Waals surface area contributed by atoms with Crippen LogP contribution in [0.1, 0.15) is 12.8 Å². The molecule has 0 spiro atoms. The van der Waals surface area contributed by atoms with Gasteiger partial charge in [0.15, 0.2) is 0 Å². The van der Waals surface area contributed by atoms with Crippen LogP contribution in [0.15, 0.2) is 12.2 Å². The number of carbonyl (C=O) groups is 2. The Morgan fingerprint density at radius 3 is 2.75 bits per heavy atom. The molecule has 1 saturated heterocycles. The molecule has 4 unspecified atom stereocenters. The molecule has 2 fully saturated rings. The van der Waals surface area contributed by atoms with Gasteiger partial charge in [-0.3, -0.25) is 14.5 Å². The third kappa shape index (κ3) is 0.937. The molecule has 2 bridgehead atoms. The van der Waals surface area contributed by atoms with E-state index in [1.807, 2.05) is 6.08 Å². The van der Waals surface area contributed by atoms with Gasteiger partial charge in [0.2, 0.25) is 11.8 Å². The van der Waals surface area contributed by atoms with Crippen molar-refractivity contribution in [3.63, 3.8) is 0 Å². The first-order valence-corrected chi connectivity index (χ1v) is 5.66. The molecule has 3 aliphatic carbocycles. The monoisotopic (exact) mass is 221 g/mol. The highest BCUT2D eigenvalue weighted by Crippen LogP contribution is 2.52. The van der Waals surface area contributed by atoms with Crippen molar-refractivity contribution < 1.29 is 14.3 Å². The molecule has 0 radical (unpaired) electrons. The van der Waals surface area contributed by atoms with Crippen LogP contribution in [0.3, 0.4) is 0 Å². The Labute approximate surface area is 94.2 Å². The summed E-state index contributed by atoms with van der Waals surface area (Å²) in [6, 6.07) is 0. The van der Waals surface area contributed by atoms with Gasteiger partial charge in [0.1, 0.15) is 0 Å². The lowest BCUT2D eigenvalue weighted by Crippen LogP contribution is -2.52. The van der Waals surface area contributed by atoms with E-state index in [1.165, 1.54) is 4.90 Å². The number of likely N-dealkylation sites (tertiary alicyclic amines) is 1. The van der Waals surface area contributed by atoms with Crippen LogP contribution in [0.2, 0.25) is 0 Å². The van der Waals surface area contributed by atoms with E-state index in [0.717, 1.165) is 12.8 Å². The SMILES string of the molecule is COC12C=CC(CC1)C1C(=O)N(C)C(=O)C12. The summed E-state index contributed by atoms with van der Waals surface area (Å²) in [6.45, 7) is 0. The Kier molecular flexibility index (Phi) is 1.84. The summed E-state index contributed by atoms with van der Waals surface area (Å²) in [6.07, 6.45) is 5.84. The minimum Gasteiger partial charge on any atom is -0.373 e. The fourth-order valence-corrected chi connectivity index (χ4v) is 3.49. The first kappa shape index (κ1) is 10.0. The Morgan fingerprint density at radius 1 is 1.44 bits per heavy atom. The zero-order valence-corrected chi connectivity index (χ0v) is 9.47. The number of ether oxygens (including phenoxy) is 1. The van der Waals surface area contributed by atoms with E-state index in [-0.39, 0.29) is 29.6 Å². The van der Waals surface area contributed by atoms with Gasteiger partial charge in [-0.05, 0) is 18.8 Å². The molecule has 1 aliphatic heterocycles. The zero-order chi connectivity index (χ0) is 11.5. The second-order valence-electron chi connectivity index (χ2n) is 4.96. The summed E-state index contributed by atoms with van der Waals surface area (Å²) in [5.74, 6) is -0.366. The maximum atomic E-state index is 12.1. The maximum Gasteiger partial charge on any atom is 0.236 e. The number of hydrogen-bond acceptors (Lipinski definition) is 3. The minimum absolute atomic E-state index is 0.0366. The predicted octanol–water partition coefficient (Wildman–Crippen LogP) is 0.582. The van der Waals surface area contributed by atoms with Crippen LogP contribution in [0, 0.1) is 17.8 Å². The highest BCUT2D eigenvalue weighted by atomic mass is 16.5. The molecule has 0 aromatic rings. The smallest absolute Gasteiger partial charge is 0.236 e. The van der Waals surface area contributed by atoms with Crippen LogP contribution in [0.25, 0.3) is 0 Å². The third-order valence-corrected chi connectivity index (χ3v) is 4.43. The van der Waals surface area contributed by atoms with E-state index < -0.39 is 5.60 Å². The van der Waals surface area contributed by atoms with Gasteiger partial charge in [-0.2, -0.15) is 0 Å². The van der Waals surface area contributed by atoms with Crippen LogP contribution >= 0.6 is 0 Å². The van der Waals surface area contributed by atoms with Crippen molar-refractivity contribution in [1.82, 2.24) is 4.90 Å². The van der Waals surface area contributed by atoms with Gasteiger partial charge in [0, 0.05) is 14.2 Å². The quantitative estimate of drug-likeness (QED) is 0.480. The van der Waals surface area contributed by atoms with Crippen molar-refractivity contribution in [1.29, 1.82) is 0 Å². The number of imide groups is 1. The molecule has 1 heterocycles. The van der Waals surface area contributed by atoms with Gasteiger partial charge in [-0.1, -0.05) is 12.2 Å². The molecular weight excluding hydrogens is 206 g/mol. The van der Waals surface area contributed by atoms with Crippen molar-refractivity contribution in [2.75, 3.05) is 14.2 Å². The molecule has 4 nitrogen and oxygen atoms in total. The normalized spacial score (nSPS) is 45.4. The highest BCUT2D eigenvalue weighted by molar-refractivity contribution is 6.06. The summed E-state index contributed by atoms with van der Waals surface area (Å²) < 4.78 is 5.56. The second-order valence-corrected chi connectivity index (χ2v) is 4.96. The molecule has 16 heavy (non-hydrogen) atoms. The van der Waals surface area contributed by atoms with Crippen LogP contribution in [-0.2, 0) is 14.3 Å². The molecule has 0 aromatic heterocycles. The Balaban J connectivity index is 2.12. The Hall–Kier alpha value is -1.16. The summed E-state index contributed by atoms with van der Waals surface area (Å²) in [4.78, 5) is 25.4. The highest BCUT2D eigenvalue weighted by Gasteiger charge is 2.62. The fourth-order valence-electron chi connectivity index (χ4n) is 3.49. The van der Waals surface area contributed by atoms with E-state index in [2.05, 4.69) is 6.08 Å². The van der Waals surface area contributed by atoms with Gasteiger partial charge in [0.05, 0.1) is 17.4 Å². The van der Waals surface area contributed by atoms with Crippen molar-refractivity contribution >= 4 is 11.8 Å². The maximum absolute atomic E-state index is 12.1. The van der Waals surface area contributed by atoms with E-state index in [1.54, 1.807) is 14.2 Å². The predicted molar refractivity (Wildman–Crippen MR) is 56.4 cm³/mol. The van der Waals surface area contributed by atoms with Crippen LogP contribution in [0.4, 0.5) is 0 Å². The standard InChI is InChI=1S/C12H15NO3/c1-13-10(14)8-7-3-5-12(16-2,6-4-7)9(8)11(13)15/h3,5,7-9H,4,6H2,1-2H3. The molecule has 86 valence electrons. The molecular formula is C12H15NO3. The number of fused-ring (bicyclic) bond motifs is 1. The molecule has 4 rings (SSSR count). The second kappa shape index (κ2) is 2.94. The van der Waals surface area contributed by atoms with Gasteiger partial charge in [0.25, 0.3) is 0 Å². The average Bonchev–Trinajstić information content (AvgIpc) is 2.58. The van der Waals surface area contributed by atoms with E-state index in [4.69, 9.17) is 4.74 Å². The van der Waals surface area contributed by atoms with Crippen LogP contribution < -0.4 is 0 Å². The summed E-state index contributed by atoms with van der Waals surface area (Å²) in [5, 5.41) is 0.